The van der Waals surface area contributed by atoms with Crippen molar-refractivity contribution in [3.63, 3.8) is 0 Å². The zero-order chi connectivity index (χ0) is 16.1. The molecule has 122 valence electrons. The average molecular weight is 304 g/mol. The Labute approximate surface area is 133 Å². The maximum Gasteiger partial charge on any atom is 0.223 e. The fraction of sp³-hybridized carbons (Fsp3) is 0.611. The van der Waals surface area contributed by atoms with E-state index in [-0.39, 0.29) is 17.9 Å². The van der Waals surface area contributed by atoms with Gasteiger partial charge in [-0.05, 0) is 57.5 Å². The highest BCUT2D eigenvalue weighted by atomic mass is 16.5. The Hall–Kier alpha value is -1.55. The first-order valence-corrected chi connectivity index (χ1v) is 8.19. The second-order valence-corrected chi connectivity index (χ2v) is 6.35. The van der Waals surface area contributed by atoms with Crippen molar-refractivity contribution in [1.82, 2.24) is 10.2 Å². The molecule has 1 aliphatic carbocycles. The maximum atomic E-state index is 12.2. The van der Waals surface area contributed by atoms with E-state index in [4.69, 9.17) is 4.74 Å². The number of carbonyl (C=O) groups excluding carboxylic acids is 1. The van der Waals surface area contributed by atoms with Gasteiger partial charge in [0.2, 0.25) is 5.91 Å². The minimum Gasteiger partial charge on any atom is -0.494 e. The normalized spacial score (nSPS) is 17.1. The number of ether oxygens (including phenoxy) is 1. The fourth-order valence-corrected chi connectivity index (χ4v) is 2.72. The third-order valence-electron chi connectivity index (χ3n) is 4.41. The van der Waals surface area contributed by atoms with Gasteiger partial charge in [-0.3, -0.25) is 4.79 Å². The second-order valence-electron chi connectivity index (χ2n) is 6.35. The fourth-order valence-electron chi connectivity index (χ4n) is 2.72. The smallest absolute Gasteiger partial charge is 0.223 e. The van der Waals surface area contributed by atoms with Crippen LogP contribution in [0.4, 0.5) is 0 Å². The Morgan fingerprint density at radius 2 is 1.95 bits per heavy atom. The molecule has 0 spiro atoms. The molecule has 4 nitrogen and oxygen atoms in total. The zero-order valence-corrected chi connectivity index (χ0v) is 14.1. The van der Waals surface area contributed by atoms with Gasteiger partial charge in [0.15, 0.2) is 0 Å². The van der Waals surface area contributed by atoms with Crippen molar-refractivity contribution in [2.45, 2.75) is 32.7 Å². The number of rotatable bonds is 8. The Morgan fingerprint density at radius 1 is 1.32 bits per heavy atom. The number of carbonyl (C=O) groups is 1. The Balaban J connectivity index is 1.95. The molecule has 0 heterocycles. The first-order chi connectivity index (χ1) is 10.5. The van der Waals surface area contributed by atoms with Gasteiger partial charge in [0.25, 0.3) is 0 Å². The first-order valence-electron chi connectivity index (χ1n) is 8.19. The standard InChI is InChI=1S/C18H28N2O2/c1-5-22-16-10-8-15(9-11-16)17(20(3)4)12-19-18(21)13(2)14-6-7-14/h8-11,13-14,17H,5-7,12H2,1-4H3,(H,19,21). The minimum atomic E-state index is 0.142. The molecule has 0 radical (unpaired) electrons. The van der Waals surface area contributed by atoms with E-state index in [9.17, 15) is 4.79 Å². The highest BCUT2D eigenvalue weighted by molar-refractivity contribution is 5.78. The molecule has 1 aliphatic rings. The van der Waals surface area contributed by atoms with Crippen molar-refractivity contribution >= 4 is 5.91 Å². The molecule has 4 heteroatoms. The van der Waals surface area contributed by atoms with Gasteiger partial charge in [0, 0.05) is 12.5 Å². The number of benzene rings is 1. The molecule has 22 heavy (non-hydrogen) atoms. The zero-order valence-electron chi connectivity index (χ0n) is 14.1. The van der Waals surface area contributed by atoms with Crippen LogP contribution in [0.1, 0.15) is 38.3 Å². The summed E-state index contributed by atoms with van der Waals surface area (Å²) in [6, 6.07) is 8.30. The number of nitrogens with zero attached hydrogens (tertiary/aromatic N) is 1. The van der Waals surface area contributed by atoms with Gasteiger partial charge >= 0.3 is 0 Å². The SMILES string of the molecule is CCOc1ccc(C(CNC(=O)C(C)C2CC2)N(C)C)cc1. The Bertz CT molecular complexity index is 480. The largest absolute Gasteiger partial charge is 0.494 e. The molecule has 0 saturated heterocycles. The summed E-state index contributed by atoms with van der Waals surface area (Å²) in [4.78, 5) is 14.3. The van der Waals surface area contributed by atoms with Gasteiger partial charge in [0.05, 0.1) is 12.6 Å². The molecule has 2 rings (SSSR count). The van der Waals surface area contributed by atoms with Gasteiger partial charge < -0.3 is 15.0 Å². The predicted molar refractivity (Wildman–Crippen MR) is 88.9 cm³/mol. The third-order valence-corrected chi connectivity index (χ3v) is 4.41. The van der Waals surface area contributed by atoms with E-state index < -0.39 is 0 Å². The summed E-state index contributed by atoms with van der Waals surface area (Å²) in [5.74, 6) is 1.81. The van der Waals surface area contributed by atoms with Crippen LogP contribution in [0, 0.1) is 11.8 Å². The molecule has 2 unspecified atom stereocenters. The molecule has 1 saturated carbocycles. The number of amides is 1. The molecule has 1 amide bonds. The lowest BCUT2D eigenvalue weighted by molar-refractivity contribution is -0.125. The van der Waals surface area contributed by atoms with Crippen LogP contribution >= 0.6 is 0 Å². The number of hydrogen-bond acceptors (Lipinski definition) is 3. The molecule has 1 N–H and O–H groups in total. The second kappa shape index (κ2) is 7.63. The summed E-state index contributed by atoms with van der Waals surface area (Å²) in [6.07, 6.45) is 2.40. The van der Waals surface area contributed by atoms with Crippen LogP contribution in [0.25, 0.3) is 0 Å². The van der Waals surface area contributed by atoms with Crippen LogP contribution in [-0.2, 0) is 4.79 Å². The lowest BCUT2D eigenvalue weighted by atomic mass is 10.0. The molecule has 0 aliphatic heterocycles. The van der Waals surface area contributed by atoms with Crippen LogP contribution in [0.3, 0.4) is 0 Å². The highest BCUT2D eigenvalue weighted by Gasteiger charge is 2.32. The molecule has 0 bridgehead atoms. The van der Waals surface area contributed by atoms with Crippen LogP contribution in [-0.4, -0.2) is 38.1 Å². The van der Waals surface area contributed by atoms with E-state index in [0.717, 1.165) is 5.75 Å². The topological polar surface area (TPSA) is 41.6 Å². The number of hydrogen-bond donors (Lipinski definition) is 1. The number of likely N-dealkylation sites (N-methyl/N-ethyl adjacent to an activating group) is 1. The quantitative estimate of drug-likeness (QED) is 0.803. The van der Waals surface area contributed by atoms with Crippen molar-refractivity contribution in [3.05, 3.63) is 29.8 Å². The number of nitrogens with one attached hydrogen (secondary N) is 1. The van der Waals surface area contributed by atoms with E-state index in [1.165, 1.54) is 18.4 Å². The van der Waals surface area contributed by atoms with E-state index in [0.29, 0.717) is 19.1 Å². The predicted octanol–water partition coefficient (Wildman–Crippen LogP) is 2.85. The van der Waals surface area contributed by atoms with E-state index >= 15 is 0 Å². The molecule has 0 aromatic heterocycles. The van der Waals surface area contributed by atoms with Crippen LogP contribution in [0.5, 0.6) is 5.75 Å². The van der Waals surface area contributed by atoms with Crippen LogP contribution in [0.2, 0.25) is 0 Å². The Kier molecular flexibility index (Phi) is 5.83. The third kappa shape index (κ3) is 4.47. The summed E-state index contributed by atoms with van der Waals surface area (Å²) in [6.45, 7) is 5.32. The average Bonchev–Trinajstić information content (AvgIpc) is 3.32. The van der Waals surface area contributed by atoms with Gasteiger partial charge in [-0.2, -0.15) is 0 Å². The lowest BCUT2D eigenvalue weighted by Gasteiger charge is -2.26. The van der Waals surface area contributed by atoms with Gasteiger partial charge in [-0.15, -0.1) is 0 Å². The van der Waals surface area contributed by atoms with Gasteiger partial charge in [-0.25, -0.2) is 0 Å². The summed E-state index contributed by atoms with van der Waals surface area (Å²) in [5.41, 5.74) is 1.19. The van der Waals surface area contributed by atoms with Crippen molar-refractivity contribution in [1.29, 1.82) is 0 Å². The van der Waals surface area contributed by atoms with Crippen molar-refractivity contribution in [2.75, 3.05) is 27.2 Å². The van der Waals surface area contributed by atoms with Crippen molar-refractivity contribution < 1.29 is 9.53 Å². The molecular weight excluding hydrogens is 276 g/mol. The lowest BCUT2D eigenvalue weighted by Crippen LogP contribution is -2.37. The van der Waals surface area contributed by atoms with E-state index in [1.807, 2.05) is 40.1 Å². The summed E-state index contributed by atoms with van der Waals surface area (Å²) >= 11 is 0. The summed E-state index contributed by atoms with van der Waals surface area (Å²) in [7, 11) is 4.08. The molecule has 2 atom stereocenters. The highest BCUT2D eigenvalue weighted by Crippen LogP contribution is 2.36. The minimum absolute atomic E-state index is 0.142. The molecular formula is C18H28N2O2. The van der Waals surface area contributed by atoms with Crippen LogP contribution in [0.15, 0.2) is 24.3 Å². The van der Waals surface area contributed by atoms with Crippen molar-refractivity contribution in [2.24, 2.45) is 11.8 Å². The monoisotopic (exact) mass is 304 g/mol. The van der Waals surface area contributed by atoms with Crippen molar-refractivity contribution in [3.8, 4) is 5.75 Å². The maximum absolute atomic E-state index is 12.2. The summed E-state index contributed by atoms with van der Waals surface area (Å²) < 4.78 is 5.48. The van der Waals surface area contributed by atoms with E-state index in [2.05, 4.69) is 22.3 Å². The summed E-state index contributed by atoms with van der Waals surface area (Å²) in [5, 5.41) is 3.11. The molecule has 1 fully saturated rings. The van der Waals surface area contributed by atoms with Crippen LogP contribution < -0.4 is 10.1 Å². The van der Waals surface area contributed by atoms with Gasteiger partial charge in [-0.1, -0.05) is 19.1 Å². The molecule has 1 aromatic carbocycles. The Morgan fingerprint density at radius 3 is 2.45 bits per heavy atom. The van der Waals surface area contributed by atoms with E-state index in [1.54, 1.807) is 0 Å². The first kappa shape index (κ1) is 16.8. The molecule has 1 aromatic rings. The van der Waals surface area contributed by atoms with Gasteiger partial charge in [0.1, 0.15) is 5.75 Å².